The number of amides is 5. The number of hydrogen-bond donors (Lipinski definition) is 2. The number of hydrogen-bond acceptors (Lipinski definition) is 12. The first-order chi connectivity index (χ1) is 31.1. The van der Waals surface area contributed by atoms with E-state index in [1.165, 1.54) is 40.4 Å². The lowest BCUT2D eigenvalue weighted by molar-refractivity contribution is -0.162. The number of likely N-dealkylation sites (tertiary alicyclic amines) is 1. The number of alkyl carbamates (subject to hydrolysis) is 1. The van der Waals surface area contributed by atoms with Crippen LogP contribution in [-0.4, -0.2) is 124 Å². The topological polar surface area (TPSA) is 192 Å². The minimum absolute atomic E-state index is 0.0103. The van der Waals surface area contributed by atoms with Crippen molar-refractivity contribution in [2.24, 2.45) is 23.7 Å². The van der Waals surface area contributed by atoms with E-state index in [2.05, 4.69) is 5.32 Å². The highest BCUT2D eigenvalue weighted by Crippen LogP contribution is 2.49. The summed E-state index contributed by atoms with van der Waals surface area (Å²) in [6.07, 6.45) is 6.17. The molecule has 0 aromatic heterocycles. The quantitative estimate of drug-likeness (QED) is 0.140. The number of anilines is 1. The van der Waals surface area contributed by atoms with Crippen LogP contribution in [0.15, 0.2) is 35.9 Å². The molecule has 4 aliphatic heterocycles. The first-order valence-corrected chi connectivity index (χ1v) is 24.7. The van der Waals surface area contributed by atoms with Gasteiger partial charge in [0.25, 0.3) is 0 Å². The van der Waals surface area contributed by atoms with Gasteiger partial charge in [-0.3, -0.25) is 34.2 Å². The van der Waals surface area contributed by atoms with E-state index in [1.54, 1.807) is 20.9 Å². The molecule has 15 nitrogen and oxygen atoms in total. The number of thioether (sulfide) groups is 1. The molecule has 1 saturated carbocycles. The fraction of sp³-hybridized carbons (Fsp3) is 0.653. The lowest BCUT2D eigenvalue weighted by Gasteiger charge is -2.41. The Balaban J connectivity index is 1.13. The summed E-state index contributed by atoms with van der Waals surface area (Å²) in [6, 6.07) is 2.73. The number of imide groups is 1. The van der Waals surface area contributed by atoms with Gasteiger partial charge in [0.2, 0.25) is 23.6 Å². The van der Waals surface area contributed by atoms with Gasteiger partial charge in [-0.05, 0) is 82.9 Å². The van der Waals surface area contributed by atoms with Crippen LogP contribution in [0.4, 0.5) is 10.5 Å². The Bertz CT molecular complexity index is 2140. The van der Waals surface area contributed by atoms with Gasteiger partial charge >= 0.3 is 12.1 Å². The molecule has 9 atom stereocenters. The summed E-state index contributed by atoms with van der Waals surface area (Å²) >= 11 is 8.06. The van der Waals surface area contributed by atoms with Gasteiger partial charge in [0, 0.05) is 69.8 Å². The minimum Gasteiger partial charge on any atom is -0.457 e. The maximum Gasteiger partial charge on any atom is 0.409 e. The number of carbonyl (C=O) groups is 7. The van der Waals surface area contributed by atoms with E-state index in [4.69, 9.17) is 25.8 Å². The number of nitrogens with zero attached hydrogens (tertiary/aromatic N) is 3. The third-order valence-corrected chi connectivity index (χ3v) is 16.3. The standard InChI is InChI=1S/C49H67ClN4O11S/c1-10-36(55)34-16-14-32(15-17-34)26-54-42(58)23-38(45(54)59)66-19-18-40(56)52(8)31(6)46(60)64-39-24-41(57)53(9)35-22-33(21-28(3)43(35)50)20-27(2)12-11-13-29(4)49(62)25-37(63-47(61)51-49)30(5)44-48(39,7)65-44/h11-13,21-22,29-32,34,37-39,44,62H,10,14-20,23-26H2,1-9H3,(H,51,61)/b13-11+,27-12+/t29-,30-,31+,32?,34?,37+,38?,39+,44+,48+,49+/m1/s1. The number of likely N-dealkylation sites (N-methyl/N-ethyl adjacent to an activating group) is 1. The Kier molecular flexibility index (Phi) is 16.2. The van der Waals surface area contributed by atoms with Crippen molar-refractivity contribution in [1.82, 2.24) is 15.1 Å². The number of aryl methyl sites for hydroxylation is 1. The summed E-state index contributed by atoms with van der Waals surface area (Å²) < 4.78 is 18.2. The van der Waals surface area contributed by atoms with Gasteiger partial charge in [-0.25, -0.2) is 9.59 Å². The zero-order valence-electron chi connectivity index (χ0n) is 39.7. The van der Waals surface area contributed by atoms with E-state index >= 15 is 0 Å². The van der Waals surface area contributed by atoms with Gasteiger partial charge in [-0.2, -0.15) is 0 Å². The fourth-order valence-electron chi connectivity index (χ4n) is 9.81. The van der Waals surface area contributed by atoms with Crippen LogP contribution in [0, 0.1) is 30.6 Å². The van der Waals surface area contributed by atoms with Gasteiger partial charge in [0.15, 0.2) is 0 Å². The molecule has 1 unspecified atom stereocenters. The number of aliphatic hydroxyl groups is 1. The predicted octanol–water partition coefficient (Wildman–Crippen LogP) is 6.47. The van der Waals surface area contributed by atoms with Crippen LogP contribution in [-0.2, 0) is 49.4 Å². The first kappa shape index (κ1) is 51.1. The summed E-state index contributed by atoms with van der Waals surface area (Å²) in [6.45, 7) is 12.9. The lowest BCUT2D eigenvalue weighted by Crippen LogP contribution is -2.60. The van der Waals surface area contributed by atoms with E-state index < -0.39 is 70.7 Å². The monoisotopic (exact) mass is 954 g/mol. The Morgan fingerprint density at radius 1 is 1.08 bits per heavy atom. The van der Waals surface area contributed by atoms with E-state index in [0.29, 0.717) is 30.1 Å². The second-order valence-electron chi connectivity index (χ2n) is 19.3. The van der Waals surface area contributed by atoms with Crippen LogP contribution in [0.3, 0.4) is 0 Å². The summed E-state index contributed by atoms with van der Waals surface area (Å²) in [7, 11) is 3.09. The number of ether oxygens (including phenoxy) is 3. The number of halogens is 1. The third-order valence-electron chi connectivity index (χ3n) is 14.6. The average molecular weight is 956 g/mol. The average Bonchev–Trinajstić information content (AvgIpc) is 3.90. The van der Waals surface area contributed by atoms with Crippen molar-refractivity contribution in [3.8, 4) is 0 Å². The van der Waals surface area contributed by atoms with Crippen LogP contribution in [0.5, 0.6) is 0 Å². The summed E-state index contributed by atoms with van der Waals surface area (Å²) in [4.78, 5) is 97.2. The van der Waals surface area contributed by atoms with Crippen molar-refractivity contribution in [2.75, 3.05) is 31.3 Å². The number of rotatable bonds is 11. The molecule has 3 saturated heterocycles. The molecule has 4 heterocycles. The predicted molar refractivity (Wildman–Crippen MR) is 250 cm³/mol. The molecule has 4 bridgehead atoms. The van der Waals surface area contributed by atoms with E-state index in [0.717, 1.165) is 42.4 Å². The van der Waals surface area contributed by atoms with E-state index in [1.807, 2.05) is 58.1 Å². The van der Waals surface area contributed by atoms with Crippen molar-refractivity contribution in [3.63, 3.8) is 0 Å². The zero-order chi connectivity index (χ0) is 48.4. The molecule has 1 aromatic rings. The molecule has 5 aliphatic rings. The maximum atomic E-state index is 14.3. The Labute approximate surface area is 397 Å². The molecule has 6 rings (SSSR count). The molecule has 1 aliphatic carbocycles. The number of Topliss-reactive ketones (excluding diaryl/α,β-unsaturated/α-hetero) is 1. The molecule has 0 radical (unpaired) electrons. The molecule has 2 N–H and O–H groups in total. The molecule has 0 spiro atoms. The SMILES string of the molecule is CCC(=O)C1CCC(CN2C(=O)CC(SCCC(=O)N(C)[C@@H](C)C(=O)O[C@H]3CC(=O)N(C)c4cc(cc(C)c4Cl)C/C(C)=C/C=C/[C@@H](C)[C@@]4(O)C[C@H](OC(=O)N4)[C@@H](C)[C@@H]4O[C@@]34C)C2=O)CC1. The second-order valence-corrected chi connectivity index (χ2v) is 21.0. The van der Waals surface area contributed by atoms with Gasteiger partial charge in [0.05, 0.1) is 28.5 Å². The highest BCUT2D eigenvalue weighted by atomic mass is 35.5. The fourth-order valence-corrected chi connectivity index (χ4v) is 11.2. The number of esters is 1. The van der Waals surface area contributed by atoms with Crippen LogP contribution in [0.2, 0.25) is 5.02 Å². The van der Waals surface area contributed by atoms with Crippen molar-refractivity contribution in [2.45, 2.75) is 154 Å². The molecule has 17 heteroatoms. The van der Waals surface area contributed by atoms with E-state index in [-0.39, 0.29) is 66.8 Å². The Morgan fingerprint density at radius 3 is 2.45 bits per heavy atom. The largest absolute Gasteiger partial charge is 0.457 e. The molecule has 66 heavy (non-hydrogen) atoms. The molecular weight excluding hydrogens is 888 g/mol. The number of benzene rings is 1. The Morgan fingerprint density at radius 2 is 1.77 bits per heavy atom. The van der Waals surface area contributed by atoms with Crippen LogP contribution in [0.1, 0.15) is 110 Å². The maximum absolute atomic E-state index is 14.3. The molecule has 362 valence electrons. The molecule has 1 aromatic carbocycles. The van der Waals surface area contributed by atoms with Crippen molar-refractivity contribution in [1.29, 1.82) is 0 Å². The molecule has 5 amide bonds. The summed E-state index contributed by atoms with van der Waals surface area (Å²) in [5.41, 5.74) is 0.290. The van der Waals surface area contributed by atoms with Gasteiger partial charge in [0.1, 0.15) is 35.4 Å². The van der Waals surface area contributed by atoms with Gasteiger partial charge in [-0.1, -0.05) is 62.2 Å². The molecular formula is C49H67ClN4O11S. The number of ketones is 1. The van der Waals surface area contributed by atoms with Crippen molar-refractivity contribution in [3.05, 3.63) is 52.1 Å². The number of carbonyl (C=O) groups excluding carboxylic acids is 7. The number of fused-ring (bicyclic) bond motifs is 5. The van der Waals surface area contributed by atoms with Gasteiger partial charge < -0.3 is 29.1 Å². The van der Waals surface area contributed by atoms with Crippen LogP contribution >= 0.6 is 23.4 Å². The third kappa shape index (κ3) is 11.4. The summed E-state index contributed by atoms with van der Waals surface area (Å²) in [5.74, 6) is -2.34. The summed E-state index contributed by atoms with van der Waals surface area (Å²) in [5, 5.41) is 14.1. The number of nitrogens with one attached hydrogen (secondary N) is 1. The van der Waals surface area contributed by atoms with Crippen molar-refractivity contribution >= 4 is 70.5 Å². The normalized spacial score (nSPS) is 33.5. The second kappa shape index (κ2) is 20.9. The zero-order valence-corrected chi connectivity index (χ0v) is 41.3. The minimum atomic E-state index is -1.64. The highest BCUT2D eigenvalue weighted by Gasteiger charge is 2.64. The number of allylic oxidation sites excluding steroid dienone is 3. The van der Waals surface area contributed by atoms with Crippen molar-refractivity contribution < 1.29 is 52.9 Å². The highest BCUT2D eigenvalue weighted by molar-refractivity contribution is 8.00. The molecule has 4 fully saturated rings. The van der Waals surface area contributed by atoms with Crippen LogP contribution < -0.4 is 10.2 Å². The Hall–Kier alpha value is -4.25. The van der Waals surface area contributed by atoms with Crippen LogP contribution in [0.25, 0.3) is 0 Å². The lowest BCUT2D eigenvalue weighted by atomic mass is 9.79. The van der Waals surface area contributed by atoms with Gasteiger partial charge in [-0.15, -0.1) is 11.8 Å². The first-order valence-electron chi connectivity index (χ1n) is 23.3. The van der Waals surface area contributed by atoms with E-state index in [9.17, 15) is 38.7 Å². The number of epoxide rings is 1. The smallest absolute Gasteiger partial charge is 0.409 e.